The third-order valence-corrected chi connectivity index (χ3v) is 3.48. The molecule has 0 heterocycles. The number of likely N-dealkylation sites (N-methyl/N-ethyl adjacent to an activating group) is 1. The Kier molecular flexibility index (Phi) is 5.83. The van der Waals surface area contributed by atoms with E-state index in [2.05, 4.69) is 5.32 Å². The number of benzene rings is 1. The Bertz CT molecular complexity index is 631. The molecule has 116 valence electrons. The Balaban J connectivity index is 2.81. The zero-order chi connectivity index (χ0) is 16.0. The van der Waals surface area contributed by atoms with Gasteiger partial charge in [-0.15, -0.1) is 3.89 Å². The molecule has 0 aromatic heterocycles. The third kappa shape index (κ3) is 5.14. The molecule has 0 unspecified atom stereocenters. The summed E-state index contributed by atoms with van der Waals surface area (Å²) >= 11 is 0. The summed E-state index contributed by atoms with van der Waals surface area (Å²) in [6.45, 7) is 2.25. The average molecular weight is 316 g/mol. The first-order chi connectivity index (χ1) is 9.75. The molecule has 1 aromatic rings. The fourth-order valence-corrected chi connectivity index (χ4v) is 2.12. The maximum atomic E-state index is 12.9. The van der Waals surface area contributed by atoms with E-state index < -0.39 is 21.0 Å². The quantitative estimate of drug-likeness (QED) is 0.792. The van der Waals surface area contributed by atoms with E-state index in [0.717, 1.165) is 23.5 Å². The number of carbonyl (C=O) groups is 2. The summed E-state index contributed by atoms with van der Waals surface area (Å²) in [7, 11) is -3.46. The van der Waals surface area contributed by atoms with Gasteiger partial charge < -0.3 is 10.2 Å². The number of nitrogens with one attached hydrogen (secondary N) is 1. The first-order valence-electron chi connectivity index (χ1n) is 6.32. The molecule has 1 rings (SSSR count). The molecule has 0 saturated heterocycles. The second-order valence-corrected chi connectivity index (χ2v) is 5.82. The Morgan fingerprint density at radius 3 is 2.57 bits per heavy atom. The van der Waals surface area contributed by atoms with Gasteiger partial charge in [-0.1, -0.05) is 13.0 Å². The van der Waals surface area contributed by atoms with E-state index in [1.165, 1.54) is 19.2 Å². The number of carbonyl (C=O) groups excluding carboxylic acids is 2. The van der Waals surface area contributed by atoms with E-state index in [1.54, 1.807) is 0 Å². The first-order valence-corrected chi connectivity index (χ1v) is 7.71. The van der Waals surface area contributed by atoms with E-state index >= 15 is 0 Å². The summed E-state index contributed by atoms with van der Waals surface area (Å²) < 4.78 is 34.5. The molecule has 0 aliphatic heterocycles. The number of rotatable bonds is 6. The summed E-state index contributed by atoms with van der Waals surface area (Å²) in [5.41, 5.74) is -0.000448. The van der Waals surface area contributed by atoms with Crippen molar-refractivity contribution in [3.63, 3.8) is 0 Å². The molecule has 21 heavy (non-hydrogen) atoms. The average Bonchev–Trinajstić information content (AvgIpc) is 2.43. The highest BCUT2D eigenvalue weighted by molar-refractivity contribution is 7.86. The SMILES string of the molecule is CCCNC(=O)CN(C)C(=O)c1cccc(S(=O)(=O)F)c1. The lowest BCUT2D eigenvalue weighted by atomic mass is 10.2. The van der Waals surface area contributed by atoms with Crippen LogP contribution in [0.5, 0.6) is 0 Å². The van der Waals surface area contributed by atoms with Crippen LogP contribution in [0.4, 0.5) is 3.89 Å². The van der Waals surface area contributed by atoms with Crippen LogP contribution in [0.25, 0.3) is 0 Å². The molecule has 1 aromatic carbocycles. The second kappa shape index (κ2) is 7.16. The van der Waals surface area contributed by atoms with E-state index in [1.807, 2.05) is 6.92 Å². The van der Waals surface area contributed by atoms with Crippen molar-refractivity contribution in [3.8, 4) is 0 Å². The predicted molar refractivity (Wildman–Crippen MR) is 75.0 cm³/mol. The standard InChI is InChI=1S/C13H17FN2O4S/c1-3-7-15-12(17)9-16(2)13(18)10-5-4-6-11(8-10)21(14,19)20/h4-6,8H,3,7,9H2,1-2H3,(H,15,17). The fourth-order valence-electron chi connectivity index (χ4n) is 1.61. The highest BCUT2D eigenvalue weighted by atomic mass is 32.3. The number of halogens is 1. The number of hydrogen-bond donors (Lipinski definition) is 1. The summed E-state index contributed by atoms with van der Waals surface area (Å²) in [6.07, 6.45) is 0.778. The Labute approximate surface area is 123 Å². The summed E-state index contributed by atoms with van der Waals surface area (Å²) in [6, 6.07) is 4.63. The van der Waals surface area contributed by atoms with Gasteiger partial charge in [-0.25, -0.2) is 0 Å². The molecule has 0 spiro atoms. The van der Waals surface area contributed by atoms with Gasteiger partial charge in [0.2, 0.25) is 5.91 Å². The normalized spacial score (nSPS) is 11.0. The van der Waals surface area contributed by atoms with Gasteiger partial charge in [0.25, 0.3) is 5.91 Å². The van der Waals surface area contributed by atoms with Crippen LogP contribution in [-0.2, 0) is 15.0 Å². The monoisotopic (exact) mass is 316 g/mol. The van der Waals surface area contributed by atoms with Crippen LogP contribution >= 0.6 is 0 Å². The minimum atomic E-state index is -4.87. The second-order valence-electron chi connectivity index (χ2n) is 4.48. The maximum Gasteiger partial charge on any atom is 0.332 e. The van der Waals surface area contributed by atoms with Crippen LogP contribution in [0.3, 0.4) is 0 Å². The van der Waals surface area contributed by atoms with Crippen molar-refractivity contribution in [2.24, 2.45) is 0 Å². The van der Waals surface area contributed by atoms with Gasteiger partial charge in [0.15, 0.2) is 0 Å². The van der Waals surface area contributed by atoms with Crippen LogP contribution in [0, 0.1) is 0 Å². The zero-order valence-electron chi connectivity index (χ0n) is 11.8. The maximum absolute atomic E-state index is 12.9. The van der Waals surface area contributed by atoms with E-state index in [-0.39, 0.29) is 18.0 Å². The van der Waals surface area contributed by atoms with Crippen molar-refractivity contribution in [3.05, 3.63) is 29.8 Å². The highest BCUT2D eigenvalue weighted by Crippen LogP contribution is 2.15. The molecule has 0 aliphatic carbocycles. The van der Waals surface area contributed by atoms with Gasteiger partial charge in [0.1, 0.15) is 0 Å². The molecule has 6 nitrogen and oxygen atoms in total. The highest BCUT2D eigenvalue weighted by Gasteiger charge is 2.18. The van der Waals surface area contributed by atoms with Crippen molar-refractivity contribution >= 4 is 22.0 Å². The topological polar surface area (TPSA) is 83.6 Å². The summed E-state index contributed by atoms with van der Waals surface area (Å²) in [4.78, 5) is 24.1. The molecule has 2 amide bonds. The third-order valence-electron chi connectivity index (χ3n) is 2.66. The van der Waals surface area contributed by atoms with Crippen molar-refractivity contribution in [1.82, 2.24) is 10.2 Å². The summed E-state index contributed by atoms with van der Waals surface area (Å²) in [5.74, 6) is -0.880. The number of nitrogens with zero attached hydrogens (tertiary/aromatic N) is 1. The molecule has 0 bridgehead atoms. The van der Waals surface area contributed by atoms with Crippen LogP contribution in [0.2, 0.25) is 0 Å². The zero-order valence-corrected chi connectivity index (χ0v) is 12.6. The van der Waals surface area contributed by atoms with Crippen LogP contribution in [0.15, 0.2) is 29.2 Å². The van der Waals surface area contributed by atoms with Crippen LogP contribution in [-0.4, -0.2) is 45.3 Å². The van der Waals surface area contributed by atoms with Gasteiger partial charge in [0, 0.05) is 19.2 Å². The van der Waals surface area contributed by atoms with Gasteiger partial charge >= 0.3 is 10.2 Å². The van der Waals surface area contributed by atoms with Gasteiger partial charge in [0.05, 0.1) is 11.4 Å². The van der Waals surface area contributed by atoms with Gasteiger partial charge in [-0.2, -0.15) is 8.42 Å². The van der Waals surface area contributed by atoms with Crippen LogP contribution < -0.4 is 5.32 Å². The fraction of sp³-hybridized carbons (Fsp3) is 0.385. The largest absolute Gasteiger partial charge is 0.355 e. The first kappa shape index (κ1) is 17.1. The molecule has 0 saturated carbocycles. The molecular weight excluding hydrogens is 299 g/mol. The minimum Gasteiger partial charge on any atom is -0.355 e. The molecule has 0 aliphatic rings. The van der Waals surface area contributed by atoms with Crippen molar-refractivity contribution in [2.75, 3.05) is 20.1 Å². The molecule has 0 radical (unpaired) electrons. The van der Waals surface area contributed by atoms with Crippen molar-refractivity contribution < 1.29 is 21.9 Å². The van der Waals surface area contributed by atoms with Crippen molar-refractivity contribution in [2.45, 2.75) is 18.2 Å². The molecule has 0 atom stereocenters. The van der Waals surface area contributed by atoms with Crippen LogP contribution in [0.1, 0.15) is 23.7 Å². The Morgan fingerprint density at radius 2 is 2.00 bits per heavy atom. The lowest BCUT2D eigenvalue weighted by Crippen LogP contribution is -2.38. The lowest BCUT2D eigenvalue weighted by Gasteiger charge is -2.17. The summed E-state index contributed by atoms with van der Waals surface area (Å²) in [5, 5.41) is 2.62. The van der Waals surface area contributed by atoms with E-state index in [9.17, 15) is 21.9 Å². The van der Waals surface area contributed by atoms with E-state index in [4.69, 9.17) is 0 Å². The molecule has 0 fully saturated rings. The molecule has 1 N–H and O–H groups in total. The molecular formula is C13H17FN2O4S. The van der Waals surface area contributed by atoms with E-state index in [0.29, 0.717) is 6.54 Å². The Hall–Kier alpha value is -1.96. The molecule has 8 heteroatoms. The lowest BCUT2D eigenvalue weighted by molar-refractivity contribution is -0.121. The minimum absolute atomic E-state index is 0.000448. The van der Waals surface area contributed by atoms with Crippen molar-refractivity contribution in [1.29, 1.82) is 0 Å². The smallest absolute Gasteiger partial charge is 0.332 e. The Morgan fingerprint density at radius 1 is 1.33 bits per heavy atom. The number of amides is 2. The predicted octanol–water partition coefficient (Wildman–Crippen LogP) is 0.943. The van der Waals surface area contributed by atoms with Gasteiger partial charge in [-0.05, 0) is 24.6 Å². The van der Waals surface area contributed by atoms with Gasteiger partial charge in [-0.3, -0.25) is 9.59 Å². The number of hydrogen-bond acceptors (Lipinski definition) is 4.